The summed E-state index contributed by atoms with van der Waals surface area (Å²) in [5.74, 6) is 0.429. The van der Waals surface area contributed by atoms with Gasteiger partial charge in [-0.25, -0.2) is 0 Å². The average Bonchev–Trinajstić information content (AvgIpc) is 2.99. The number of aliphatic hydroxyl groups is 1. The van der Waals surface area contributed by atoms with E-state index in [0.29, 0.717) is 18.5 Å². The molecule has 4 atom stereocenters. The first-order valence-corrected chi connectivity index (χ1v) is 10.8. The minimum Gasteiger partial charge on any atom is -0.497 e. The van der Waals surface area contributed by atoms with Crippen LogP contribution in [-0.2, 0) is 21.4 Å². The minimum atomic E-state index is -1.13. The van der Waals surface area contributed by atoms with E-state index in [-0.39, 0.29) is 18.7 Å². The second-order valence-electron chi connectivity index (χ2n) is 8.68. The molecule has 2 aromatic carbocycles. The van der Waals surface area contributed by atoms with E-state index in [1.807, 2.05) is 54.6 Å². The maximum absolute atomic E-state index is 13.6. The Bertz CT molecular complexity index is 839. The molecular weight excluding hydrogens is 378 g/mol. The van der Waals surface area contributed by atoms with E-state index in [4.69, 9.17) is 9.47 Å². The molecule has 2 aliphatic rings. The van der Waals surface area contributed by atoms with Crippen LogP contribution in [0.1, 0.15) is 36.8 Å². The molecule has 1 N–H and O–H groups in total. The number of aliphatic hydroxyl groups excluding tert-OH is 1. The maximum Gasteiger partial charge on any atom is 0.319 e. The highest BCUT2D eigenvalue weighted by Gasteiger charge is 2.45. The van der Waals surface area contributed by atoms with Crippen LogP contribution in [0.25, 0.3) is 0 Å². The first kappa shape index (κ1) is 20.9. The molecule has 2 fully saturated rings. The Morgan fingerprint density at radius 2 is 1.70 bits per heavy atom. The average molecular weight is 410 g/mol. The largest absolute Gasteiger partial charge is 0.497 e. The van der Waals surface area contributed by atoms with Crippen LogP contribution < -0.4 is 4.74 Å². The first-order valence-electron chi connectivity index (χ1n) is 10.8. The number of rotatable bonds is 7. The summed E-state index contributed by atoms with van der Waals surface area (Å²) in [6, 6.07) is 18.1. The Balaban J connectivity index is 1.60. The number of fused-ring (bicyclic) bond motifs is 2. The van der Waals surface area contributed by atoms with Crippen LogP contribution in [0.4, 0.5) is 0 Å². The number of piperidine rings is 1. The normalized spacial score (nSPS) is 25.5. The van der Waals surface area contributed by atoms with Gasteiger partial charge in [0.25, 0.3) is 0 Å². The lowest BCUT2D eigenvalue weighted by atomic mass is 9.76. The van der Waals surface area contributed by atoms with Gasteiger partial charge in [-0.2, -0.15) is 0 Å². The first-order chi connectivity index (χ1) is 14.6. The highest BCUT2D eigenvalue weighted by atomic mass is 16.5. The second kappa shape index (κ2) is 8.78. The van der Waals surface area contributed by atoms with Gasteiger partial charge in [-0.3, -0.25) is 4.79 Å². The number of nitrogens with zero attached hydrogens (tertiary/aromatic N) is 1. The van der Waals surface area contributed by atoms with E-state index in [1.54, 1.807) is 7.11 Å². The summed E-state index contributed by atoms with van der Waals surface area (Å²) >= 11 is 0. The summed E-state index contributed by atoms with van der Waals surface area (Å²) in [7, 11) is 3.80. The number of ether oxygens (including phenoxy) is 2. The van der Waals surface area contributed by atoms with Gasteiger partial charge in [-0.15, -0.1) is 0 Å². The molecule has 2 heterocycles. The zero-order valence-electron chi connectivity index (χ0n) is 17.8. The Kier molecular flexibility index (Phi) is 6.11. The van der Waals surface area contributed by atoms with Gasteiger partial charge in [0.2, 0.25) is 0 Å². The summed E-state index contributed by atoms with van der Waals surface area (Å²) in [5.41, 5.74) is 0.608. The molecule has 2 aromatic rings. The van der Waals surface area contributed by atoms with Crippen molar-refractivity contribution in [2.45, 2.75) is 55.7 Å². The summed E-state index contributed by atoms with van der Waals surface area (Å²) < 4.78 is 11.3. The van der Waals surface area contributed by atoms with Crippen molar-refractivity contribution in [3.8, 4) is 5.75 Å². The molecule has 5 heteroatoms. The third kappa shape index (κ3) is 3.96. The molecule has 5 nitrogen and oxygen atoms in total. The standard InChI is InChI=1S/C25H31NO4/c1-26-20-10-11-21(26)15-23(14-20)30-24(28)25(17-27,19-6-4-3-5-7-19)16-18-8-12-22(29-2)13-9-18/h3-9,12-13,20-21,23,27H,10-11,14-17H2,1-2H3/t20-,21+,23+,25?. The van der Waals surface area contributed by atoms with Crippen LogP contribution in [0.5, 0.6) is 5.75 Å². The number of carbonyl (C=O) groups is 1. The number of methoxy groups -OCH3 is 1. The van der Waals surface area contributed by atoms with Gasteiger partial charge in [-0.05, 0) is 62.4 Å². The zero-order chi connectivity index (χ0) is 21.1. The molecule has 160 valence electrons. The number of hydrogen-bond acceptors (Lipinski definition) is 5. The smallest absolute Gasteiger partial charge is 0.319 e. The Labute approximate surface area is 178 Å². The Morgan fingerprint density at radius 1 is 1.07 bits per heavy atom. The second-order valence-corrected chi connectivity index (χ2v) is 8.68. The molecule has 1 unspecified atom stereocenters. The van der Waals surface area contributed by atoms with Crippen molar-refractivity contribution < 1.29 is 19.4 Å². The van der Waals surface area contributed by atoms with Crippen molar-refractivity contribution in [3.05, 3.63) is 65.7 Å². The SMILES string of the molecule is COc1ccc(CC(CO)(C(=O)O[C@H]2C[C@H]3CC[C@@H](C2)N3C)c2ccccc2)cc1. The van der Waals surface area contributed by atoms with E-state index >= 15 is 0 Å². The Hall–Kier alpha value is -2.37. The Morgan fingerprint density at radius 3 is 2.27 bits per heavy atom. The van der Waals surface area contributed by atoms with Gasteiger partial charge in [0, 0.05) is 12.1 Å². The van der Waals surface area contributed by atoms with Crippen LogP contribution in [0.2, 0.25) is 0 Å². The van der Waals surface area contributed by atoms with Gasteiger partial charge < -0.3 is 19.5 Å². The molecule has 0 amide bonds. The van der Waals surface area contributed by atoms with Crippen LogP contribution in [0, 0.1) is 0 Å². The molecule has 4 rings (SSSR count). The van der Waals surface area contributed by atoms with Crippen LogP contribution in [0.15, 0.2) is 54.6 Å². The lowest BCUT2D eigenvalue weighted by Crippen LogP contribution is -2.48. The molecule has 0 aliphatic carbocycles. The van der Waals surface area contributed by atoms with Crippen LogP contribution in [0.3, 0.4) is 0 Å². The quantitative estimate of drug-likeness (QED) is 0.711. The summed E-state index contributed by atoms with van der Waals surface area (Å²) in [4.78, 5) is 16.0. The fraction of sp³-hybridized carbons (Fsp3) is 0.480. The molecule has 2 aliphatic heterocycles. The summed E-state index contributed by atoms with van der Waals surface area (Å²) in [6.45, 7) is -0.304. The topological polar surface area (TPSA) is 59.0 Å². The fourth-order valence-electron chi connectivity index (χ4n) is 5.07. The van der Waals surface area contributed by atoms with Gasteiger partial charge in [-0.1, -0.05) is 42.5 Å². The van der Waals surface area contributed by atoms with Crippen molar-refractivity contribution >= 4 is 5.97 Å². The highest BCUT2D eigenvalue weighted by Crippen LogP contribution is 2.37. The lowest BCUT2D eigenvalue weighted by molar-refractivity contribution is -0.161. The number of benzene rings is 2. The molecule has 30 heavy (non-hydrogen) atoms. The molecular formula is C25H31NO4. The third-order valence-corrected chi connectivity index (χ3v) is 6.98. The molecule has 0 spiro atoms. The van der Waals surface area contributed by atoms with Crippen LogP contribution >= 0.6 is 0 Å². The van der Waals surface area contributed by atoms with Crippen molar-refractivity contribution in [2.24, 2.45) is 0 Å². The van der Waals surface area contributed by atoms with Crippen molar-refractivity contribution in [1.29, 1.82) is 0 Å². The van der Waals surface area contributed by atoms with Crippen LogP contribution in [-0.4, -0.2) is 54.9 Å². The van der Waals surface area contributed by atoms with E-state index < -0.39 is 5.41 Å². The van der Waals surface area contributed by atoms with Crippen molar-refractivity contribution in [1.82, 2.24) is 4.90 Å². The minimum absolute atomic E-state index is 0.0864. The van der Waals surface area contributed by atoms with E-state index in [1.165, 1.54) is 12.8 Å². The van der Waals surface area contributed by atoms with Gasteiger partial charge in [0.15, 0.2) is 0 Å². The van der Waals surface area contributed by atoms with Gasteiger partial charge in [0.1, 0.15) is 17.3 Å². The number of carbonyl (C=O) groups excluding carboxylic acids is 1. The summed E-state index contributed by atoms with van der Waals surface area (Å²) in [6.07, 6.45) is 4.37. The number of esters is 1. The van der Waals surface area contributed by atoms with E-state index in [0.717, 1.165) is 29.7 Å². The summed E-state index contributed by atoms with van der Waals surface area (Å²) in [5, 5.41) is 10.5. The van der Waals surface area contributed by atoms with Crippen molar-refractivity contribution in [2.75, 3.05) is 20.8 Å². The maximum atomic E-state index is 13.6. The third-order valence-electron chi connectivity index (χ3n) is 6.98. The molecule has 0 saturated carbocycles. The predicted molar refractivity (Wildman–Crippen MR) is 116 cm³/mol. The predicted octanol–water partition coefficient (Wildman–Crippen LogP) is 3.34. The molecule has 0 aromatic heterocycles. The van der Waals surface area contributed by atoms with Gasteiger partial charge in [0.05, 0.1) is 13.7 Å². The lowest BCUT2D eigenvalue weighted by Gasteiger charge is -2.38. The van der Waals surface area contributed by atoms with E-state index in [2.05, 4.69) is 11.9 Å². The van der Waals surface area contributed by atoms with Crippen molar-refractivity contribution in [3.63, 3.8) is 0 Å². The fourth-order valence-corrected chi connectivity index (χ4v) is 5.07. The number of hydrogen-bond donors (Lipinski definition) is 1. The monoisotopic (exact) mass is 409 g/mol. The van der Waals surface area contributed by atoms with Gasteiger partial charge >= 0.3 is 5.97 Å². The van der Waals surface area contributed by atoms with E-state index in [9.17, 15) is 9.90 Å². The molecule has 2 bridgehead atoms. The highest BCUT2D eigenvalue weighted by molar-refractivity contribution is 5.84. The molecule has 2 saturated heterocycles. The zero-order valence-corrected chi connectivity index (χ0v) is 17.8. The molecule has 0 radical (unpaired) electrons.